The van der Waals surface area contributed by atoms with Gasteiger partial charge in [0.15, 0.2) is 0 Å². The quantitative estimate of drug-likeness (QED) is 0.468. The molecule has 4 aromatic rings. The summed E-state index contributed by atoms with van der Waals surface area (Å²) in [4.78, 5) is 24.4. The maximum absolute atomic E-state index is 13.6. The second-order valence-electron chi connectivity index (χ2n) is 8.69. The third kappa shape index (κ3) is 4.81. The molecule has 1 unspecified atom stereocenters. The molecule has 0 spiro atoms. The smallest absolute Gasteiger partial charge is 0.254 e. The molecule has 0 aliphatic carbocycles. The number of rotatable bonds is 5. The molecule has 168 valence electrons. The Morgan fingerprint density at radius 2 is 1.97 bits per heavy atom. The molecule has 6 nitrogen and oxygen atoms in total. The normalized spacial score (nSPS) is 16.6. The summed E-state index contributed by atoms with van der Waals surface area (Å²) in [6.45, 7) is 5.08. The fourth-order valence-corrected chi connectivity index (χ4v) is 4.54. The molecule has 1 atom stereocenters. The van der Waals surface area contributed by atoms with Gasteiger partial charge in [0.2, 0.25) is 0 Å². The van der Waals surface area contributed by atoms with Gasteiger partial charge in [-0.3, -0.25) is 9.78 Å². The van der Waals surface area contributed by atoms with E-state index < -0.39 is 0 Å². The van der Waals surface area contributed by atoms with E-state index in [0.29, 0.717) is 32.8 Å². The zero-order valence-corrected chi connectivity index (χ0v) is 18.9. The molecule has 33 heavy (non-hydrogen) atoms. The second kappa shape index (κ2) is 9.55. The summed E-state index contributed by atoms with van der Waals surface area (Å²) in [6.07, 6.45) is 6.52. The van der Waals surface area contributed by atoms with Crippen LogP contribution in [0.4, 0.5) is 0 Å². The first-order valence-electron chi connectivity index (χ1n) is 11.4. The molecule has 0 N–H and O–H groups in total. The van der Waals surface area contributed by atoms with Gasteiger partial charge >= 0.3 is 0 Å². The molecule has 2 aromatic carbocycles. The molecular formula is C27H28N4O2. The first kappa shape index (κ1) is 21.3. The number of aromatic nitrogens is 3. The van der Waals surface area contributed by atoms with Crippen molar-refractivity contribution in [1.29, 1.82) is 0 Å². The first-order valence-corrected chi connectivity index (χ1v) is 11.4. The van der Waals surface area contributed by atoms with E-state index in [0.717, 1.165) is 34.3 Å². The van der Waals surface area contributed by atoms with Gasteiger partial charge in [0.25, 0.3) is 5.91 Å². The van der Waals surface area contributed by atoms with Gasteiger partial charge in [-0.25, -0.2) is 4.98 Å². The predicted octanol–water partition coefficient (Wildman–Crippen LogP) is 4.12. The Morgan fingerprint density at radius 3 is 2.85 bits per heavy atom. The maximum Gasteiger partial charge on any atom is 0.254 e. The fourth-order valence-electron chi connectivity index (χ4n) is 4.54. The van der Waals surface area contributed by atoms with Gasteiger partial charge in [0, 0.05) is 55.1 Å². The number of fused-ring (bicyclic) bond motifs is 1. The van der Waals surface area contributed by atoms with Crippen LogP contribution in [-0.4, -0.2) is 51.6 Å². The van der Waals surface area contributed by atoms with Crippen LogP contribution in [0.3, 0.4) is 0 Å². The van der Waals surface area contributed by atoms with Crippen LogP contribution in [-0.2, 0) is 17.7 Å². The monoisotopic (exact) mass is 440 g/mol. The van der Waals surface area contributed by atoms with Gasteiger partial charge in [0.05, 0.1) is 18.7 Å². The number of para-hydroxylation sites is 1. The molecule has 1 aliphatic heterocycles. The van der Waals surface area contributed by atoms with Crippen LogP contribution in [0.5, 0.6) is 0 Å². The Kier molecular flexibility index (Phi) is 6.17. The van der Waals surface area contributed by atoms with E-state index in [-0.39, 0.29) is 11.8 Å². The Balaban J connectivity index is 1.33. The van der Waals surface area contributed by atoms with Crippen LogP contribution >= 0.6 is 0 Å². The number of ether oxygens (including phenoxy) is 1. The minimum absolute atomic E-state index is 0.0653. The third-order valence-electron chi connectivity index (χ3n) is 6.31. The molecule has 3 heterocycles. The molecule has 0 saturated carbocycles. The van der Waals surface area contributed by atoms with Crippen molar-refractivity contribution in [3.8, 4) is 0 Å². The molecule has 1 aliphatic rings. The first-order chi connectivity index (χ1) is 16.2. The van der Waals surface area contributed by atoms with E-state index in [9.17, 15) is 4.79 Å². The molecule has 2 aromatic heterocycles. The number of benzene rings is 2. The number of aryl methyl sites for hydroxylation is 1. The number of carbonyl (C=O) groups excluding carboxylic acids is 1. The van der Waals surface area contributed by atoms with Crippen LogP contribution < -0.4 is 0 Å². The van der Waals surface area contributed by atoms with E-state index in [1.54, 1.807) is 6.20 Å². The van der Waals surface area contributed by atoms with Crippen LogP contribution in [0.1, 0.15) is 27.3 Å². The summed E-state index contributed by atoms with van der Waals surface area (Å²) < 4.78 is 7.95. The van der Waals surface area contributed by atoms with Crippen molar-refractivity contribution in [3.63, 3.8) is 0 Å². The van der Waals surface area contributed by atoms with E-state index >= 15 is 0 Å². The summed E-state index contributed by atoms with van der Waals surface area (Å²) in [5.74, 6) is 1.22. The SMILES string of the molecule is Cc1nccn1Cc1ccccc1C(=O)N1CCOCC(Cc2cnc3ccccc3c2)C1. The Bertz CT molecular complexity index is 1270. The standard InChI is InChI=1S/C27H28N4O2/c1-20-28-10-11-30(20)18-24-7-2-4-8-25(24)27(32)31-12-13-33-19-22(17-31)14-21-15-23-6-3-5-9-26(23)29-16-21/h2-11,15-16,22H,12-14,17-19H2,1H3. The zero-order chi connectivity index (χ0) is 22.6. The maximum atomic E-state index is 13.6. The molecule has 0 radical (unpaired) electrons. The predicted molar refractivity (Wildman–Crippen MR) is 128 cm³/mol. The summed E-state index contributed by atoms with van der Waals surface area (Å²) in [6, 6.07) is 18.2. The highest BCUT2D eigenvalue weighted by molar-refractivity contribution is 5.95. The van der Waals surface area contributed by atoms with E-state index in [2.05, 4.69) is 26.7 Å². The van der Waals surface area contributed by atoms with Gasteiger partial charge in [-0.1, -0.05) is 36.4 Å². The highest BCUT2D eigenvalue weighted by Gasteiger charge is 2.25. The van der Waals surface area contributed by atoms with Crippen LogP contribution in [0.2, 0.25) is 0 Å². The lowest BCUT2D eigenvalue weighted by atomic mass is 9.99. The van der Waals surface area contributed by atoms with E-state index in [1.807, 2.05) is 66.7 Å². The number of imidazole rings is 1. The number of hydrogen-bond acceptors (Lipinski definition) is 4. The van der Waals surface area contributed by atoms with Crippen LogP contribution in [0.25, 0.3) is 10.9 Å². The third-order valence-corrected chi connectivity index (χ3v) is 6.31. The van der Waals surface area contributed by atoms with Gasteiger partial charge in [0.1, 0.15) is 5.82 Å². The highest BCUT2D eigenvalue weighted by atomic mass is 16.5. The fraction of sp³-hybridized carbons (Fsp3) is 0.296. The summed E-state index contributed by atoms with van der Waals surface area (Å²) in [5.41, 5.74) is 3.93. The minimum atomic E-state index is 0.0653. The molecule has 1 fully saturated rings. The molecular weight excluding hydrogens is 412 g/mol. The van der Waals surface area contributed by atoms with Gasteiger partial charge in [-0.05, 0) is 42.7 Å². The number of amides is 1. The van der Waals surface area contributed by atoms with Gasteiger partial charge in [-0.15, -0.1) is 0 Å². The number of hydrogen-bond donors (Lipinski definition) is 0. The molecule has 6 heteroatoms. The number of pyridine rings is 1. The highest BCUT2D eigenvalue weighted by Crippen LogP contribution is 2.20. The van der Waals surface area contributed by atoms with Crippen LogP contribution in [0, 0.1) is 12.8 Å². The average molecular weight is 441 g/mol. The van der Waals surface area contributed by atoms with Crippen molar-refractivity contribution >= 4 is 16.8 Å². The Hall–Kier alpha value is -3.51. The molecule has 1 saturated heterocycles. The van der Waals surface area contributed by atoms with Crippen molar-refractivity contribution in [3.05, 3.63) is 95.7 Å². The average Bonchev–Trinajstić information content (AvgIpc) is 3.10. The Labute approximate surface area is 193 Å². The van der Waals surface area contributed by atoms with Gasteiger partial charge < -0.3 is 14.2 Å². The van der Waals surface area contributed by atoms with Crippen LogP contribution in [0.15, 0.2) is 73.2 Å². The molecule has 0 bridgehead atoms. The lowest BCUT2D eigenvalue weighted by molar-refractivity contribution is 0.0736. The summed E-state index contributed by atoms with van der Waals surface area (Å²) in [5, 5.41) is 1.14. The number of carbonyl (C=O) groups is 1. The minimum Gasteiger partial charge on any atom is -0.379 e. The largest absolute Gasteiger partial charge is 0.379 e. The topological polar surface area (TPSA) is 60.2 Å². The molecule has 1 amide bonds. The second-order valence-corrected chi connectivity index (χ2v) is 8.69. The van der Waals surface area contributed by atoms with Crippen molar-refractivity contribution in [2.24, 2.45) is 5.92 Å². The summed E-state index contributed by atoms with van der Waals surface area (Å²) >= 11 is 0. The summed E-state index contributed by atoms with van der Waals surface area (Å²) in [7, 11) is 0. The van der Waals surface area contributed by atoms with E-state index in [4.69, 9.17) is 4.74 Å². The van der Waals surface area contributed by atoms with Crippen molar-refractivity contribution < 1.29 is 9.53 Å². The van der Waals surface area contributed by atoms with E-state index in [1.165, 1.54) is 5.56 Å². The zero-order valence-electron chi connectivity index (χ0n) is 18.9. The van der Waals surface area contributed by atoms with Crippen molar-refractivity contribution in [2.75, 3.05) is 26.3 Å². The lowest BCUT2D eigenvalue weighted by Gasteiger charge is -2.25. The Morgan fingerprint density at radius 1 is 1.12 bits per heavy atom. The van der Waals surface area contributed by atoms with Crippen molar-refractivity contribution in [2.45, 2.75) is 19.9 Å². The molecule has 5 rings (SSSR count). The lowest BCUT2D eigenvalue weighted by Crippen LogP contribution is -2.37. The van der Waals surface area contributed by atoms with Crippen molar-refractivity contribution in [1.82, 2.24) is 19.4 Å². The van der Waals surface area contributed by atoms with Gasteiger partial charge in [-0.2, -0.15) is 0 Å². The number of nitrogens with zero attached hydrogens (tertiary/aromatic N) is 4.